The molecule has 0 saturated heterocycles. The van der Waals surface area contributed by atoms with Crippen LogP contribution >= 0.6 is 0 Å². The first kappa shape index (κ1) is 35.4. The van der Waals surface area contributed by atoms with Gasteiger partial charge in [-0.05, 0) is 79.0 Å². The number of oxime groups is 1. The van der Waals surface area contributed by atoms with Crippen molar-refractivity contribution < 1.29 is 43.6 Å². The lowest BCUT2D eigenvalue weighted by Crippen LogP contribution is -2.70. The number of halogens is 1. The summed E-state index contributed by atoms with van der Waals surface area (Å²) in [6, 6.07) is 10.2. The first-order chi connectivity index (χ1) is 23.3. The van der Waals surface area contributed by atoms with E-state index in [2.05, 4.69) is 17.8 Å². The Morgan fingerprint density at radius 2 is 1.83 bits per heavy atom. The van der Waals surface area contributed by atoms with Crippen LogP contribution in [0.5, 0.6) is 11.5 Å². The predicted octanol–water partition coefficient (Wildman–Crippen LogP) is 6.06. The third-order valence-corrected chi connectivity index (χ3v) is 9.91. The van der Waals surface area contributed by atoms with Crippen molar-refractivity contribution in [3.63, 3.8) is 0 Å². The van der Waals surface area contributed by atoms with Gasteiger partial charge in [-0.15, -0.1) is 6.58 Å². The molecule has 3 aliphatic rings. The lowest BCUT2D eigenvalue weighted by molar-refractivity contribution is -0.256. The van der Waals surface area contributed by atoms with E-state index in [-0.39, 0.29) is 56.3 Å². The third-order valence-electron chi connectivity index (χ3n) is 9.91. The van der Waals surface area contributed by atoms with Gasteiger partial charge in [0.1, 0.15) is 30.5 Å². The minimum absolute atomic E-state index is 0.0337. The van der Waals surface area contributed by atoms with Crippen molar-refractivity contribution in [3.8, 4) is 11.5 Å². The molecule has 0 unspecified atom stereocenters. The number of methoxy groups -OCH3 is 1. The van der Waals surface area contributed by atoms with E-state index >= 15 is 0 Å². The number of allylic oxidation sites excluding steroid dienone is 1. The Balaban J connectivity index is 1.76. The summed E-state index contributed by atoms with van der Waals surface area (Å²) in [5, 5.41) is 34.6. The molecule has 6 atom stereocenters. The van der Waals surface area contributed by atoms with Gasteiger partial charge in [0.15, 0.2) is 0 Å². The van der Waals surface area contributed by atoms with Crippen molar-refractivity contribution in [2.24, 2.45) is 22.9 Å². The Kier molecular flexibility index (Phi) is 11.8. The fourth-order valence-corrected chi connectivity index (χ4v) is 7.97. The first-order valence-electron chi connectivity index (χ1n) is 16.7. The van der Waals surface area contributed by atoms with Crippen LogP contribution in [-0.2, 0) is 20.9 Å². The van der Waals surface area contributed by atoms with Gasteiger partial charge in [0.2, 0.25) is 5.79 Å². The average Bonchev–Trinajstić information content (AvgIpc) is 3.09. The van der Waals surface area contributed by atoms with Crippen molar-refractivity contribution >= 4 is 11.8 Å². The number of carbonyl (C=O) groups is 1. The zero-order chi connectivity index (χ0) is 34.3. The second-order valence-corrected chi connectivity index (χ2v) is 12.7. The van der Waals surface area contributed by atoms with Crippen molar-refractivity contribution in [1.29, 1.82) is 0 Å². The zero-order valence-corrected chi connectivity index (χ0v) is 27.7. The van der Waals surface area contributed by atoms with E-state index in [4.69, 9.17) is 19.0 Å². The summed E-state index contributed by atoms with van der Waals surface area (Å²) < 4.78 is 33.0. The zero-order valence-electron chi connectivity index (χ0n) is 27.7. The molecule has 0 radical (unpaired) electrons. The van der Waals surface area contributed by atoms with E-state index in [1.807, 2.05) is 0 Å². The highest BCUT2D eigenvalue weighted by atomic mass is 19.1. The maximum absolute atomic E-state index is 13.9. The number of hydrogen-bond acceptors (Lipinski definition) is 9. The number of carbonyl (C=O) groups excluding carboxylic acids is 1. The Hall–Kier alpha value is -3.93. The Labute approximate surface area is 281 Å². The van der Waals surface area contributed by atoms with Crippen LogP contribution in [0.3, 0.4) is 0 Å². The van der Waals surface area contributed by atoms with E-state index in [1.165, 1.54) is 26.4 Å². The quantitative estimate of drug-likeness (QED) is 0.119. The van der Waals surface area contributed by atoms with Crippen molar-refractivity contribution in [3.05, 3.63) is 83.7 Å². The van der Waals surface area contributed by atoms with Gasteiger partial charge in [-0.3, -0.25) is 4.90 Å². The van der Waals surface area contributed by atoms with Crippen molar-refractivity contribution in [1.82, 2.24) is 4.90 Å². The molecule has 2 aromatic carbocycles. The highest BCUT2D eigenvalue weighted by molar-refractivity contribution is 6.02. The number of phenols is 1. The fourth-order valence-electron chi connectivity index (χ4n) is 7.97. The van der Waals surface area contributed by atoms with Gasteiger partial charge in [-0.25, -0.2) is 9.18 Å². The van der Waals surface area contributed by atoms with Crippen LogP contribution in [0.1, 0.15) is 62.0 Å². The van der Waals surface area contributed by atoms with Crippen LogP contribution in [0.2, 0.25) is 0 Å². The number of aromatic hydroxyl groups is 1. The number of amides is 1. The monoisotopic (exact) mass is 666 g/mol. The molecule has 2 aromatic rings. The summed E-state index contributed by atoms with van der Waals surface area (Å²) in [6.45, 7) is 4.27. The molecule has 0 bridgehead atoms. The molecule has 260 valence electrons. The number of unbranched alkanes of at least 4 members (excludes halogenated alkanes) is 2. The van der Waals surface area contributed by atoms with Crippen LogP contribution in [-0.4, -0.2) is 77.9 Å². The van der Waals surface area contributed by atoms with Gasteiger partial charge >= 0.3 is 6.09 Å². The number of hydrogen-bond donors (Lipinski definition) is 3. The molecular weight excluding hydrogens is 619 g/mol. The summed E-state index contributed by atoms with van der Waals surface area (Å²) in [6.07, 6.45) is 7.95. The smallest absolute Gasteiger partial charge is 0.410 e. The molecule has 11 heteroatoms. The van der Waals surface area contributed by atoms with Gasteiger partial charge in [-0.1, -0.05) is 42.3 Å². The average molecular weight is 667 g/mol. The molecule has 0 aromatic heterocycles. The van der Waals surface area contributed by atoms with Crippen LogP contribution in [0.4, 0.5) is 9.18 Å². The van der Waals surface area contributed by atoms with Crippen LogP contribution in [0.25, 0.3) is 0 Å². The Morgan fingerprint density at radius 1 is 1.10 bits per heavy atom. The van der Waals surface area contributed by atoms with E-state index < -0.39 is 29.7 Å². The molecule has 1 amide bonds. The number of nitrogens with zero attached hydrogens (tertiary/aromatic N) is 2. The fraction of sp³-hybridized carbons (Fsp3) is 0.514. The number of fused-ring (bicyclic) bond motifs is 2. The molecular formula is C37H47FN2O8. The topological polar surface area (TPSA) is 130 Å². The third kappa shape index (κ3) is 7.09. The SMILES string of the molecule is C=CCO[C@@]12Oc3ccc(O)cc3[C@H]3[C@H](CCCCO)[C@@H](CCCCO)C=C(C(=NOC)C[C@@H]1N(Cc1ccc(F)cc1)C(=O)OC)[C@H]32. The molecule has 1 fully saturated rings. The minimum Gasteiger partial charge on any atom is -0.508 e. The van der Waals surface area contributed by atoms with E-state index in [0.29, 0.717) is 29.9 Å². The number of rotatable bonds is 15. The first-order valence-corrected chi connectivity index (χ1v) is 16.7. The second kappa shape index (κ2) is 16.0. The Bertz CT molecular complexity index is 1480. The lowest BCUT2D eigenvalue weighted by atomic mass is 9.55. The van der Waals surface area contributed by atoms with Gasteiger partial charge in [0.25, 0.3) is 0 Å². The summed E-state index contributed by atoms with van der Waals surface area (Å²) in [4.78, 5) is 20.7. The Morgan fingerprint density at radius 3 is 2.50 bits per heavy atom. The highest BCUT2D eigenvalue weighted by Gasteiger charge is 2.65. The number of benzene rings is 2. The van der Waals surface area contributed by atoms with Crippen LogP contribution < -0.4 is 4.74 Å². The standard InChI is InChI=1S/C37H47FN2O8/c1-4-19-47-37-33(40(36(44)45-2)23-24-11-13-26(38)14-12-24)22-31(39-46-3)29-20-25(9-5-7-17-41)28(10-6-8-18-42)34(35(29)37)30-21-27(43)15-16-32(30)48-37/h4,11-16,20-21,25,28,33-35,41-43H,1,5-10,17-19,22-23H2,2-3H3/t25-,28+,33-,34+,35+,37+/m0/s1. The molecule has 1 saturated carbocycles. The minimum atomic E-state index is -1.46. The van der Waals surface area contributed by atoms with E-state index in [9.17, 15) is 24.5 Å². The highest BCUT2D eigenvalue weighted by Crippen LogP contribution is 2.62. The molecule has 5 rings (SSSR count). The summed E-state index contributed by atoms with van der Waals surface area (Å²) in [7, 11) is 2.80. The molecule has 0 spiro atoms. The van der Waals surface area contributed by atoms with Crippen molar-refractivity contribution in [2.75, 3.05) is 34.0 Å². The van der Waals surface area contributed by atoms with E-state index in [1.54, 1.807) is 41.3 Å². The summed E-state index contributed by atoms with van der Waals surface area (Å²) in [5.74, 6) is -1.86. The normalized spacial score (nSPS) is 26.5. The van der Waals surface area contributed by atoms with Gasteiger partial charge in [-0.2, -0.15) is 0 Å². The van der Waals surface area contributed by atoms with Crippen molar-refractivity contribution in [2.45, 2.75) is 69.2 Å². The predicted molar refractivity (Wildman–Crippen MR) is 178 cm³/mol. The lowest BCUT2D eigenvalue weighted by Gasteiger charge is -2.59. The maximum Gasteiger partial charge on any atom is 0.410 e. The molecule has 1 heterocycles. The second-order valence-electron chi connectivity index (χ2n) is 12.7. The number of ether oxygens (including phenoxy) is 3. The number of phenolic OH excluding ortho intramolecular Hbond substituents is 1. The van der Waals surface area contributed by atoms with Gasteiger partial charge in [0.05, 0.1) is 25.3 Å². The van der Waals surface area contributed by atoms with Crippen LogP contribution in [0.15, 0.2) is 71.9 Å². The largest absolute Gasteiger partial charge is 0.508 e. The number of aliphatic hydroxyl groups excluding tert-OH is 2. The molecule has 3 N–H and O–H groups in total. The summed E-state index contributed by atoms with van der Waals surface area (Å²) >= 11 is 0. The van der Waals surface area contributed by atoms with Gasteiger partial charge < -0.3 is 34.4 Å². The van der Waals surface area contributed by atoms with Gasteiger partial charge in [0, 0.05) is 37.7 Å². The molecule has 2 aliphatic carbocycles. The summed E-state index contributed by atoms with van der Waals surface area (Å²) in [5.41, 5.74) is 3.02. The molecule has 48 heavy (non-hydrogen) atoms. The number of aliphatic hydroxyl groups is 2. The van der Waals surface area contributed by atoms with Crippen LogP contribution in [0, 0.1) is 23.6 Å². The van der Waals surface area contributed by atoms with E-state index in [0.717, 1.165) is 36.8 Å². The molecule has 1 aliphatic heterocycles. The maximum atomic E-state index is 13.9. The molecule has 10 nitrogen and oxygen atoms in total.